The van der Waals surface area contributed by atoms with Crippen molar-refractivity contribution in [2.24, 2.45) is 0 Å². The summed E-state index contributed by atoms with van der Waals surface area (Å²) >= 11 is 0. The van der Waals surface area contributed by atoms with Crippen LogP contribution in [0.15, 0.2) is 24.3 Å². The Morgan fingerprint density at radius 2 is 2.24 bits per heavy atom. The van der Waals surface area contributed by atoms with Gasteiger partial charge >= 0.3 is 5.97 Å². The van der Waals surface area contributed by atoms with Crippen LogP contribution in [-0.2, 0) is 4.79 Å². The minimum absolute atomic E-state index is 0.545. The van der Waals surface area contributed by atoms with Crippen LogP contribution in [0.5, 0.6) is 0 Å². The van der Waals surface area contributed by atoms with Crippen LogP contribution in [0, 0.1) is 6.92 Å². The van der Waals surface area contributed by atoms with E-state index < -0.39 is 5.97 Å². The maximum atomic E-state index is 10.6. The van der Waals surface area contributed by atoms with Crippen LogP contribution in [0.3, 0.4) is 0 Å². The molecule has 1 fully saturated rings. The first-order valence-corrected chi connectivity index (χ1v) is 7.40. The van der Waals surface area contributed by atoms with E-state index in [1.807, 2.05) is 13.0 Å². The van der Waals surface area contributed by atoms with E-state index in [9.17, 15) is 4.79 Å². The Labute approximate surface area is 126 Å². The van der Waals surface area contributed by atoms with Gasteiger partial charge in [0.25, 0.3) is 0 Å². The number of piperidine rings is 1. The second-order valence-electron chi connectivity index (χ2n) is 5.88. The van der Waals surface area contributed by atoms with Gasteiger partial charge in [-0.2, -0.15) is 0 Å². The number of carboxylic acid groups (broad SMARTS) is 1. The van der Waals surface area contributed by atoms with Crippen molar-refractivity contribution in [2.75, 3.05) is 32.1 Å². The number of anilines is 1. The van der Waals surface area contributed by atoms with Gasteiger partial charge in [-0.05, 0) is 62.7 Å². The van der Waals surface area contributed by atoms with E-state index >= 15 is 0 Å². The maximum absolute atomic E-state index is 10.6. The molecule has 0 amide bonds. The minimum Gasteiger partial charge on any atom is -0.478 e. The van der Waals surface area contributed by atoms with Crippen LogP contribution >= 0.6 is 0 Å². The predicted octanol–water partition coefficient (Wildman–Crippen LogP) is 2.62. The zero-order valence-corrected chi connectivity index (χ0v) is 13.0. The molecule has 1 N–H and O–H groups in total. The Kier molecular flexibility index (Phi) is 5.02. The van der Waals surface area contributed by atoms with E-state index in [1.54, 1.807) is 6.08 Å². The standard InChI is InChI=1S/C17H24N2O2/c1-13-11-15(8-6-14(13)7-9-17(20)21)19(3)16-5-4-10-18(2)12-16/h6-9,11,16H,4-5,10,12H2,1-3H3,(H,20,21). The third-order valence-corrected chi connectivity index (χ3v) is 4.21. The maximum Gasteiger partial charge on any atom is 0.328 e. The molecule has 1 unspecified atom stereocenters. The fraction of sp³-hybridized carbons (Fsp3) is 0.471. The third kappa shape index (κ3) is 4.08. The van der Waals surface area contributed by atoms with Gasteiger partial charge in [-0.25, -0.2) is 4.79 Å². The lowest BCUT2D eigenvalue weighted by Gasteiger charge is -2.37. The van der Waals surface area contributed by atoms with E-state index in [1.165, 1.54) is 31.1 Å². The first kappa shape index (κ1) is 15.6. The minimum atomic E-state index is -0.916. The Hall–Kier alpha value is -1.81. The number of nitrogens with zero attached hydrogens (tertiary/aromatic N) is 2. The molecule has 1 aromatic carbocycles. The van der Waals surface area contributed by atoms with Gasteiger partial charge in [0, 0.05) is 31.4 Å². The molecule has 4 heteroatoms. The molecule has 1 heterocycles. The summed E-state index contributed by atoms with van der Waals surface area (Å²) < 4.78 is 0. The van der Waals surface area contributed by atoms with E-state index in [4.69, 9.17) is 5.11 Å². The summed E-state index contributed by atoms with van der Waals surface area (Å²) in [7, 11) is 4.32. The molecule has 114 valence electrons. The number of aryl methyl sites for hydroxylation is 1. The van der Waals surface area contributed by atoms with E-state index in [0.717, 1.165) is 17.7 Å². The Morgan fingerprint density at radius 3 is 2.86 bits per heavy atom. The quantitative estimate of drug-likeness (QED) is 0.865. The van der Waals surface area contributed by atoms with E-state index in [0.29, 0.717) is 6.04 Å². The molecule has 21 heavy (non-hydrogen) atoms. The third-order valence-electron chi connectivity index (χ3n) is 4.21. The van der Waals surface area contributed by atoms with Gasteiger partial charge in [-0.3, -0.25) is 0 Å². The Bertz CT molecular complexity index is 540. The van der Waals surface area contributed by atoms with Gasteiger partial charge < -0.3 is 14.9 Å². The van der Waals surface area contributed by atoms with Gasteiger partial charge in [0.1, 0.15) is 0 Å². The highest BCUT2D eigenvalue weighted by molar-refractivity contribution is 5.85. The lowest BCUT2D eigenvalue weighted by atomic mass is 10.0. The highest BCUT2D eigenvalue weighted by atomic mass is 16.4. The Balaban J connectivity index is 2.13. The smallest absolute Gasteiger partial charge is 0.328 e. The number of carbonyl (C=O) groups is 1. The first-order chi connectivity index (χ1) is 9.97. The molecule has 0 aliphatic carbocycles. The number of hydrogen-bond donors (Lipinski definition) is 1. The highest BCUT2D eigenvalue weighted by Gasteiger charge is 2.21. The molecule has 0 spiro atoms. The number of likely N-dealkylation sites (tertiary alicyclic amines) is 1. The number of benzene rings is 1. The van der Waals surface area contributed by atoms with Crippen LogP contribution in [0.2, 0.25) is 0 Å². The number of carboxylic acids is 1. The fourth-order valence-corrected chi connectivity index (χ4v) is 2.89. The number of hydrogen-bond acceptors (Lipinski definition) is 3. The molecule has 2 rings (SSSR count). The summed E-state index contributed by atoms with van der Waals surface area (Å²) in [6, 6.07) is 6.75. The second kappa shape index (κ2) is 6.76. The highest BCUT2D eigenvalue weighted by Crippen LogP contribution is 2.24. The zero-order chi connectivity index (χ0) is 15.4. The molecule has 1 aliphatic rings. The van der Waals surface area contributed by atoms with Gasteiger partial charge in [0.15, 0.2) is 0 Å². The summed E-state index contributed by atoms with van der Waals surface area (Å²) in [5.74, 6) is -0.916. The SMILES string of the molecule is Cc1cc(N(C)C2CCCN(C)C2)ccc1C=CC(=O)O. The lowest BCUT2D eigenvalue weighted by molar-refractivity contribution is -0.131. The summed E-state index contributed by atoms with van der Waals surface area (Å²) in [6.07, 6.45) is 5.29. The van der Waals surface area contributed by atoms with Crippen molar-refractivity contribution >= 4 is 17.7 Å². The van der Waals surface area contributed by atoms with Crippen LogP contribution in [0.25, 0.3) is 6.08 Å². The van der Waals surface area contributed by atoms with Gasteiger partial charge in [-0.1, -0.05) is 6.07 Å². The first-order valence-electron chi connectivity index (χ1n) is 7.40. The van der Waals surface area contributed by atoms with Crippen LogP contribution in [0.4, 0.5) is 5.69 Å². The van der Waals surface area contributed by atoms with Crippen LogP contribution < -0.4 is 4.90 Å². The number of rotatable bonds is 4. The topological polar surface area (TPSA) is 43.8 Å². The predicted molar refractivity (Wildman–Crippen MR) is 86.8 cm³/mol. The average molecular weight is 288 g/mol. The summed E-state index contributed by atoms with van der Waals surface area (Å²) in [6.45, 7) is 4.30. The molecule has 0 saturated carbocycles. The molecule has 0 radical (unpaired) electrons. The summed E-state index contributed by atoms with van der Waals surface area (Å²) in [5.41, 5.74) is 3.25. The molecule has 4 nitrogen and oxygen atoms in total. The molecule has 1 aromatic rings. The normalized spacial score (nSPS) is 19.9. The molecular formula is C17H24N2O2. The molecule has 1 atom stereocenters. The Morgan fingerprint density at radius 1 is 1.48 bits per heavy atom. The van der Waals surface area contributed by atoms with Crippen LogP contribution in [-0.4, -0.2) is 49.2 Å². The largest absolute Gasteiger partial charge is 0.478 e. The van der Waals surface area contributed by atoms with E-state index in [-0.39, 0.29) is 0 Å². The lowest BCUT2D eigenvalue weighted by Crippen LogP contribution is -2.45. The van der Waals surface area contributed by atoms with Crippen LogP contribution in [0.1, 0.15) is 24.0 Å². The van der Waals surface area contributed by atoms with Crippen molar-refractivity contribution < 1.29 is 9.90 Å². The van der Waals surface area contributed by atoms with Crippen molar-refractivity contribution in [1.82, 2.24) is 4.90 Å². The fourth-order valence-electron chi connectivity index (χ4n) is 2.89. The second-order valence-corrected chi connectivity index (χ2v) is 5.88. The molecular weight excluding hydrogens is 264 g/mol. The van der Waals surface area contributed by atoms with Crippen molar-refractivity contribution in [3.8, 4) is 0 Å². The van der Waals surface area contributed by atoms with Gasteiger partial charge in [0.05, 0.1) is 0 Å². The number of likely N-dealkylation sites (N-methyl/N-ethyl adjacent to an activating group) is 2. The van der Waals surface area contributed by atoms with Crippen molar-refractivity contribution in [2.45, 2.75) is 25.8 Å². The van der Waals surface area contributed by atoms with Gasteiger partial charge in [-0.15, -0.1) is 0 Å². The monoisotopic (exact) mass is 288 g/mol. The zero-order valence-electron chi connectivity index (χ0n) is 13.0. The van der Waals surface area contributed by atoms with Crippen molar-refractivity contribution in [3.05, 3.63) is 35.4 Å². The van der Waals surface area contributed by atoms with E-state index in [2.05, 4.69) is 36.0 Å². The average Bonchev–Trinajstić information content (AvgIpc) is 2.45. The van der Waals surface area contributed by atoms with Gasteiger partial charge in [0.2, 0.25) is 0 Å². The van der Waals surface area contributed by atoms with Crippen molar-refractivity contribution in [3.63, 3.8) is 0 Å². The number of aliphatic carboxylic acids is 1. The molecule has 0 aromatic heterocycles. The molecule has 1 saturated heterocycles. The summed E-state index contributed by atoms with van der Waals surface area (Å²) in [4.78, 5) is 15.3. The summed E-state index contributed by atoms with van der Waals surface area (Å²) in [5, 5.41) is 8.70. The molecule has 0 bridgehead atoms. The molecule has 1 aliphatic heterocycles. The van der Waals surface area contributed by atoms with Crippen molar-refractivity contribution in [1.29, 1.82) is 0 Å².